The molecule has 1 saturated heterocycles. The molecule has 202 valence electrons. The monoisotopic (exact) mass is 531 g/mol. The maximum atomic E-state index is 14.1. The first-order valence-electron chi connectivity index (χ1n) is 13.8. The zero-order valence-electron chi connectivity index (χ0n) is 22.7. The number of likely N-dealkylation sites (tertiary alicyclic amines) is 1. The lowest BCUT2D eigenvalue weighted by atomic mass is 10.1. The Kier molecular flexibility index (Phi) is 7.40. The van der Waals surface area contributed by atoms with Crippen molar-refractivity contribution in [2.45, 2.75) is 26.0 Å². The molecule has 3 aromatic carbocycles. The lowest BCUT2D eigenvalue weighted by Gasteiger charge is -2.19. The van der Waals surface area contributed by atoms with E-state index in [0.29, 0.717) is 30.3 Å². The normalized spacial score (nSPS) is 13.0. The molecule has 6 heteroatoms. The fraction of sp³-hybridized carbons (Fsp3) is 0.206. The fourth-order valence-electron chi connectivity index (χ4n) is 5.39. The molecular formula is C34H33N3O3. The van der Waals surface area contributed by atoms with Crippen molar-refractivity contribution in [3.63, 3.8) is 0 Å². The van der Waals surface area contributed by atoms with Crippen LogP contribution in [0.15, 0.2) is 110 Å². The Bertz CT molecular complexity index is 1570. The maximum Gasteiger partial charge on any atom is 0.272 e. The number of carbonyl (C=O) groups is 1. The fourth-order valence-corrected chi connectivity index (χ4v) is 5.39. The van der Waals surface area contributed by atoms with Gasteiger partial charge in [0.15, 0.2) is 11.5 Å². The Labute approximate surface area is 235 Å². The van der Waals surface area contributed by atoms with E-state index in [9.17, 15) is 4.79 Å². The van der Waals surface area contributed by atoms with Crippen LogP contribution in [0.25, 0.3) is 16.8 Å². The van der Waals surface area contributed by atoms with Gasteiger partial charge in [-0.2, -0.15) is 0 Å². The SMILES string of the molecule is COc1ccc(-c2cn(Cc3ccccc3)c(C(=O)N3CCCC3)c2-n2cccc2)cc1OCc1ccccc1. The van der Waals surface area contributed by atoms with E-state index in [1.54, 1.807) is 7.11 Å². The Hall–Kier alpha value is -4.71. The minimum absolute atomic E-state index is 0.0671. The largest absolute Gasteiger partial charge is 0.493 e. The maximum absolute atomic E-state index is 14.1. The van der Waals surface area contributed by atoms with Gasteiger partial charge in [-0.05, 0) is 53.8 Å². The molecule has 0 atom stereocenters. The number of hydrogen-bond acceptors (Lipinski definition) is 3. The number of ether oxygens (including phenoxy) is 2. The van der Waals surface area contributed by atoms with Gasteiger partial charge in [0.2, 0.25) is 0 Å². The molecule has 0 bridgehead atoms. The van der Waals surface area contributed by atoms with Crippen LogP contribution in [0, 0.1) is 0 Å². The van der Waals surface area contributed by atoms with Gasteiger partial charge in [0.25, 0.3) is 5.91 Å². The standard InChI is InChI=1S/C34H33N3O3/c1-39-30-17-16-28(22-31(30)40-25-27-14-6-3-7-15-27)29-24-37(23-26-12-4-2-5-13-26)33(32(29)35-18-8-9-19-35)34(38)36-20-10-11-21-36/h2-9,12-19,22,24H,10-11,20-21,23,25H2,1H3. The van der Waals surface area contributed by atoms with Crippen LogP contribution in [-0.4, -0.2) is 40.1 Å². The van der Waals surface area contributed by atoms with E-state index in [0.717, 1.165) is 53.9 Å². The second-order valence-electron chi connectivity index (χ2n) is 10.1. The quantitative estimate of drug-likeness (QED) is 0.210. The Morgan fingerprint density at radius 2 is 1.48 bits per heavy atom. The summed E-state index contributed by atoms with van der Waals surface area (Å²) < 4.78 is 16.1. The summed E-state index contributed by atoms with van der Waals surface area (Å²) in [5.74, 6) is 1.39. The molecule has 40 heavy (non-hydrogen) atoms. The van der Waals surface area contributed by atoms with Crippen molar-refractivity contribution < 1.29 is 14.3 Å². The lowest BCUT2D eigenvalue weighted by molar-refractivity contribution is 0.0782. The summed E-state index contributed by atoms with van der Waals surface area (Å²) in [5.41, 5.74) is 5.70. The summed E-state index contributed by atoms with van der Waals surface area (Å²) >= 11 is 0. The predicted molar refractivity (Wildman–Crippen MR) is 157 cm³/mol. The van der Waals surface area contributed by atoms with Gasteiger partial charge >= 0.3 is 0 Å². The minimum atomic E-state index is 0.0671. The summed E-state index contributed by atoms with van der Waals surface area (Å²) in [6.45, 7) is 2.60. The molecule has 2 aromatic heterocycles. The molecule has 0 radical (unpaired) electrons. The molecule has 1 aliphatic heterocycles. The lowest BCUT2D eigenvalue weighted by Crippen LogP contribution is -2.30. The second kappa shape index (κ2) is 11.6. The highest BCUT2D eigenvalue weighted by Gasteiger charge is 2.29. The Morgan fingerprint density at radius 1 is 0.800 bits per heavy atom. The van der Waals surface area contributed by atoms with Crippen molar-refractivity contribution in [1.82, 2.24) is 14.0 Å². The summed E-state index contributed by atoms with van der Waals surface area (Å²) in [5, 5.41) is 0. The average Bonchev–Trinajstić information content (AvgIpc) is 3.78. The number of methoxy groups -OCH3 is 1. The molecule has 0 spiro atoms. The van der Waals surface area contributed by atoms with E-state index < -0.39 is 0 Å². The number of amides is 1. The van der Waals surface area contributed by atoms with Gasteiger partial charge in [-0.1, -0.05) is 66.7 Å². The summed E-state index contributed by atoms with van der Waals surface area (Å²) in [6.07, 6.45) is 8.19. The van der Waals surface area contributed by atoms with Gasteiger partial charge in [0.1, 0.15) is 12.3 Å². The van der Waals surface area contributed by atoms with Gasteiger partial charge in [-0.25, -0.2) is 0 Å². The first-order valence-corrected chi connectivity index (χ1v) is 13.8. The van der Waals surface area contributed by atoms with Crippen LogP contribution in [-0.2, 0) is 13.2 Å². The third-order valence-corrected chi connectivity index (χ3v) is 7.42. The third-order valence-electron chi connectivity index (χ3n) is 7.42. The molecule has 1 amide bonds. The van der Waals surface area contributed by atoms with E-state index in [-0.39, 0.29) is 5.91 Å². The van der Waals surface area contributed by atoms with Crippen LogP contribution >= 0.6 is 0 Å². The van der Waals surface area contributed by atoms with E-state index >= 15 is 0 Å². The molecule has 3 heterocycles. The topological polar surface area (TPSA) is 48.6 Å². The van der Waals surface area contributed by atoms with Gasteiger partial charge in [0.05, 0.1) is 12.8 Å². The first-order chi connectivity index (χ1) is 19.7. The van der Waals surface area contributed by atoms with Crippen LogP contribution in [0.5, 0.6) is 11.5 Å². The zero-order valence-corrected chi connectivity index (χ0v) is 22.7. The van der Waals surface area contributed by atoms with Gasteiger partial charge in [-0.15, -0.1) is 0 Å². The van der Waals surface area contributed by atoms with Crippen LogP contribution in [0.2, 0.25) is 0 Å². The van der Waals surface area contributed by atoms with E-state index in [1.165, 1.54) is 0 Å². The van der Waals surface area contributed by atoms with Crippen molar-refractivity contribution in [3.8, 4) is 28.3 Å². The summed E-state index contributed by atoms with van der Waals surface area (Å²) in [7, 11) is 1.65. The summed E-state index contributed by atoms with van der Waals surface area (Å²) in [4.78, 5) is 16.1. The van der Waals surface area contributed by atoms with Crippen molar-refractivity contribution in [1.29, 1.82) is 0 Å². The number of nitrogens with zero attached hydrogens (tertiary/aromatic N) is 3. The van der Waals surface area contributed by atoms with E-state index in [1.807, 2.05) is 96.2 Å². The smallest absolute Gasteiger partial charge is 0.272 e. The third kappa shape index (κ3) is 5.25. The van der Waals surface area contributed by atoms with E-state index in [2.05, 4.69) is 27.5 Å². The average molecular weight is 532 g/mol. The molecule has 1 fully saturated rings. The van der Waals surface area contributed by atoms with Crippen molar-refractivity contribution in [2.24, 2.45) is 0 Å². The van der Waals surface area contributed by atoms with Crippen LogP contribution in [0.4, 0.5) is 0 Å². The highest BCUT2D eigenvalue weighted by Crippen LogP contribution is 2.38. The van der Waals surface area contributed by atoms with Crippen molar-refractivity contribution in [3.05, 3.63) is 126 Å². The van der Waals surface area contributed by atoms with Crippen LogP contribution in [0.1, 0.15) is 34.5 Å². The highest BCUT2D eigenvalue weighted by atomic mass is 16.5. The molecule has 0 aliphatic carbocycles. The number of hydrogen-bond donors (Lipinski definition) is 0. The zero-order chi connectivity index (χ0) is 27.3. The van der Waals surface area contributed by atoms with Gasteiger partial charge < -0.3 is 23.5 Å². The Morgan fingerprint density at radius 3 is 2.15 bits per heavy atom. The number of rotatable bonds is 9. The number of carbonyl (C=O) groups excluding carboxylic acids is 1. The second-order valence-corrected chi connectivity index (χ2v) is 10.1. The molecule has 6 nitrogen and oxygen atoms in total. The highest BCUT2D eigenvalue weighted by molar-refractivity contribution is 6.00. The van der Waals surface area contributed by atoms with Gasteiger partial charge in [0, 0.05) is 43.8 Å². The van der Waals surface area contributed by atoms with E-state index in [4.69, 9.17) is 9.47 Å². The van der Waals surface area contributed by atoms with Crippen LogP contribution in [0.3, 0.4) is 0 Å². The molecule has 6 rings (SSSR count). The number of aromatic nitrogens is 2. The summed E-state index contributed by atoms with van der Waals surface area (Å²) in [6, 6.07) is 30.3. The number of benzene rings is 3. The minimum Gasteiger partial charge on any atom is -0.493 e. The molecule has 0 saturated carbocycles. The Balaban J connectivity index is 1.48. The molecule has 5 aromatic rings. The van der Waals surface area contributed by atoms with Crippen molar-refractivity contribution in [2.75, 3.05) is 20.2 Å². The van der Waals surface area contributed by atoms with Crippen molar-refractivity contribution >= 4 is 5.91 Å². The molecular weight excluding hydrogens is 498 g/mol. The molecule has 0 unspecified atom stereocenters. The van der Waals surface area contributed by atoms with Gasteiger partial charge in [-0.3, -0.25) is 4.79 Å². The molecule has 0 N–H and O–H groups in total. The first kappa shape index (κ1) is 25.6. The predicted octanol–water partition coefficient (Wildman–Crippen LogP) is 6.82. The molecule has 1 aliphatic rings. The van der Waals surface area contributed by atoms with Crippen LogP contribution < -0.4 is 9.47 Å².